The van der Waals surface area contributed by atoms with E-state index in [1.54, 1.807) is 0 Å². The number of pyridine rings is 1. The molecule has 1 N–H and O–H groups in total. The van der Waals surface area contributed by atoms with E-state index < -0.39 is 36.8 Å². The van der Waals surface area contributed by atoms with Crippen molar-refractivity contribution in [3.05, 3.63) is 18.0 Å². The van der Waals surface area contributed by atoms with Crippen LogP contribution in [0.1, 0.15) is 95.0 Å². The van der Waals surface area contributed by atoms with Gasteiger partial charge in [-0.1, -0.05) is 25.7 Å². The second-order valence-corrected chi connectivity index (χ2v) is 10.8. The lowest BCUT2D eigenvalue weighted by molar-refractivity contribution is -0.180. The van der Waals surface area contributed by atoms with Gasteiger partial charge in [0.1, 0.15) is 18.2 Å². The van der Waals surface area contributed by atoms with Gasteiger partial charge >= 0.3 is 11.9 Å². The van der Waals surface area contributed by atoms with Gasteiger partial charge in [0.2, 0.25) is 6.79 Å². The molecule has 0 bridgehead atoms. The molecule has 3 aliphatic rings. The number of carbonyl (C=O) groups excluding carboxylic acids is 3. The largest absolute Gasteiger partial charge is 0.493 e. The summed E-state index contributed by atoms with van der Waals surface area (Å²) in [6.45, 7) is 2.66. The highest BCUT2D eigenvalue weighted by Gasteiger charge is 2.39. The lowest BCUT2D eigenvalue weighted by Crippen LogP contribution is -2.47. The highest BCUT2D eigenvalue weighted by molar-refractivity contribution is 5.98. The van der Waals surface area contributed by atoms with Crippen molar-refractivity contribution in [2.75, 3.05) is 13.9 Å². The van der Waals surface area contributed by atoms with Crippen LogP contribution < -0.4 is 14.8 Å². The number of methoxy groups -OCH3 is 1. The van der Waals surface area contributed by atoms with Gasteiger partial charge in [0.15, 0.2) is 17.2 Å². The molecule has 2 heterocycles. The number of rotatable bonds is 10. The fourth-order valence-electron chi connectivity index (χ4n) is 5.72. The Bertz CT molecular complexity index is 1010. The lowest BCUT2D eigenvalue weighted by atomic mass is 10.0. The van der Waals surface area contributed by atoms with E-state index in [2.05, 4.69) is 10.3 Å². The maximum Gasteiger partial charge on any atom is 0.329 e. The molecular weight excluding hydrogens is 520 g/mol. The molecule has 11 heteroatoms. The van der Waals surface area contributed by atoms with E-state index in [4.69, 9.17) is 28.4 Å². The minimum atomic E-state index is -0.901. The summed E-state index contributed by atoms with van der Waals surface area (Å²) in [5.74, 6) is -1.47. The zero-order chi connectivity index (χ0) is 28.5. The molecule has 0 spiro atoms. The third kappa shape index (κ3) is 8.06. The van der Waals surface area contributed by atoms with E-state index in [1.807, 2.05) is 6.92 Å². The molecule has 222 valence electrons. The minimum Gasteiger partial charge on any atom is -0.493 e. The van der Waals surface area contributed by atoms with Gasteiger partial charge in [-0.2, -0.15) is 0 Å². The highest BCUT2D eigenvalue weighted by Crippen LogP contribution is 2.32. The SMILES string of the molecule is COc1ccnc(C(=O)N[C@H]2CCC[C@H](OC3CCCC3)[C@@H](OC3CCCC3)[C@H](C)OC2=O)c1OCOC(C)=O. The molecule has 1 aromatic heterocycles. The average Bonchev–Trinajstić information content (AvgIpc) is 3.64. The van der Waals surface area contributed by atoms with Crippen LogP contribution in [0.2, 0.25) is 0 Å². The second-order valence-electron chi connectivity index (χ2n) is 10.8. The predicted octanol–water partition coefficient (Wildman–Crippen LogP) is 3.86. The number of nitrogens with one attached hydrogen (secondary N) is 1. The van der Waals surface area contributed by atoms with Crippen molar-refractivity contribution in [1.82, 2.24) is 10.3 Å². The smallest absolute Gasteiger partial charge is 0.329 e. The van der Waals surface area contributed by atoms with E-state index in [-0.39, 0.29) is 41.6 Å². The predicted molar refractivity (Wildman–Crippen MR) is 143 cm³/mol. The number of cyclic esters (lactones) is 1. The maximum absolute atomic E-state index is 13.3. The number of ether oxygens (including phenoxy) is 6. The Kier molecular flexibility index (Phi) is 11.0. The molecule has 0 aromatic carbocycles. The Hall–Kier alpha value is -2.92. The molecule has 40 heavy (non-hydrogen) atoms. The summed E-state index contributed by atoms with van der Waals surface area (Å²) < 4.78 is 34.7. The molecule has 1 aliphatic heterocycles. The number of aromatic nitrogens is 1. The standard InChI is InChI=1S/C29H42N2O9/c1-18-26(40-21-11-6-7-12-21)24(39-20-9-4-5-10-20)14-8-13-22(29(34)38-18)31-28(33)25-27(37-17-36-19(2)32)23(35-3)15-16-30-25/h15-16,18,20-22,24,26H,4-14,17H2,1-3H3,(H,31,33)/t18-,22-,24-,26-/m0/s1. The van der Waals surface area contributed by atoms with Gasteiger partial charge in [-0.3, -0.25) is 9.59 Å². The topological polar surface area (TPSA) is 132 Å². The molecule has 2 aliphatic carbocycles. The number of esters is 2. The summed E-state index contributed by atoms with van der Waals surface area (Å²) in [6, 6.07) is 0.617. The Balaban J connectivity index is 1.48. The van der Waals surface area contributed by atoms with Crippen molar-refractivity contribution in [2.45, 2.75) is 121 Å². The highest BCUT2D eigenvalue weighted by atomic mass is 16.7. The molecule has 4 atom stereocenters. The first-order valence-corrected chi connectivity index (χ1v) is 14.5. The summed E-state index contributed by atoms with van der Waals surface area (Å²) >= 11 is 0. The van der Waals surface area contributed by atoms with Crippen LogP contribution in [0.25, 0.3) is 0 Å². The number of amides is 1. The molecule has 3 fully saturated rings. The summed E-state index contributed by atoms with van der Waals surface area (Å²) in [4.78, 5) is 41.9. The molecular formula is C29H42N2O9. The number of carbonyl (C=O) groups is 3. The Morgan fingerprint density at radius 2 is 1.68 bits per heavy atom. The molecule has 0 unspecified atom stereocenters. The summed E-state index contributed by atoms with van der Waals surface area (Å²) in [5, 5.41) is 2.77. The Morgan fingerprint density at radius 1 is 1.00 bits per heavy atom. The third-order valence-corrected chi connectivity index (χ3v) is 7.79. The molecule has 4 rings (SSSR count). The van der Waals surface area contributed by atoms with Crippen LogP contribution in [0.3, 0.4) is 0 Å². The van der Waals surface area contributed by atoms with Crippen molar-refractivity contribution < 1.29 is 42.8 Å². The van der Waals surface area contributed by atoms with Crippen LogP contribution >= 0.6 is 0 Å². The maximum atomic E-state index is 13.3. The third-order valence-electron chi connectivity index (χ3n) is 7.79. The number of hydrogen-bond acceptors (Lipinski definition) is 10. The van der Waals surface area contributed by atoms with Gasteiger partial charge in [-0.25, -0.2) is 9.78 Å². The van der Waals surface area contributed by atoms with Crippen LogP contribution in [-0.2, 0) is 28.5 Å². The van der Waals surface area contributed by atoms with Crippen molar-refractivity contribution in [1.29, 1.82) is 0 Å². The van der Waals surface area contributed by atoms with E-state index >= 15 is 0 Å². The zero-order valence-electron chi connectivity index (χ0n) is 23.7. The van der Waals surface area contributed by atoms with Gasteiger partial charge in [0.25, 0.3) is 5.91 Å². The van der Waals surface area contributed by atoms with Crippen molar-refractivity contribution in [2.24, 2.45) is 0 Å². The quantitative estimate of drug-likeness (QED) is 0.331. The molecule has 2 saturated carbocycles. The van der Waals surface area contributed by atoms with E-state index in [1.165, 1.54) is 26.3 Å². The van der Waals surface area contributed by atoms with E-state index in [0.717, 1.165) is 51.4 Å². The van der Waals surface area contributed by atoms with E-state index in [0.29, 0.717) is 19.3 Å². The van der Waals surface area contributed by atoms with Gasteiger partial charge in [-0.05, 0) is 51.9 Å². The van der Waals surface area contributed by atoms with Gasteiger partial charge < -0.3 is 33.7 Å². The summed E-state index contributed by atoms with van der Waals surface area (Å²) in [6.07, 6.45) is 11.0. The normalized spacial score (nSPS) is 26.3. The molecule has 0 radical (unpaired) electrons. The lowest BCUT2D eigenvalue weighted by Gasteiger charge is -2.34. The van der Waals surface area contributed by atoms with Gasteiger partial charge in [-0.15, -0.1) is 0 Å². The van der Waals surface area contributed by atoms with Crippen molar-refractivity contribution in [3.63, 3.8) is 0 Å². The number of nitrogens with zero attached hydrogens (tertiary/aromatic N) is 1. The first-order valence-electron chi connectivity index (χ1n) is 14.5. The molecule has 1 aromatic rings. The number of hydrogen-bond donors (Lipinski definition) is 1. The first kappa shape index (κ1) is 30.0. The van der Waals surface area contributed by atoms with Gasteiger partial charge in [0.05, 0.1) is 25.4 Å². The zero-order valence-corrected chi connectivity index (χ0v) is 23.7. The fraction of sp³-hybridized carbons (Fsp3) is 0.724. The summed E-state index contributed by atoms with van der Waals surface area (Å²) in [5.41, 5.74) is -0.0999. The second kappa shape index (κ2) is 14.6. The Morgan fingerprint density at radius 3 is 2.33 bits per heavy atom. The minimum absolute atomic E-state index is 0.00334. The van der Waals surface area contributed by atoms with Crippen LogP contribution in [-0.4, -0.2) is 73.3 Å². The Labute approximate surface area is 235 Å². The van der Waals surface area contributed by atoms with Gasteiger partial charge in [0, 0.05) is 19.2 Å². The van der Waals surface area contributed by atoms with Crippen molar-refractivity contribution in [3.8, 4) is 11.5 Å². The van der Waals surface area contributed by atoms with Crippen LogP contribution in [0.4, 0.5) is 0 Å². The van der Waals surface area contributed by atoms with Crippen LogP contribution in [0.15, 0.2) is 12.3 Å². The monoisotopic (exact) mass is 562 g/mol. The first-order chi connectivity index (χ1) is 19.4. The molecule has 1 saturated heterocycles. The van der Waals surface area contributed by atoms with Crippen LogP contribution in [0.5, 0.6) is 11.5 Å². The average molecular weight is 563 g/mol. The van der Waals surface area contributed by atoms with Crippen molar-refractivity contribution >= 4 is 17.8 Å². The fourth-order valence-corrected chi connectivity index (χ4v) is 5.72. The molecule has 1 amide bonds. The van der Waals surface area contributed by atoms with E-state index in [9.17, 15) is 14.4 Å². The van der Waals surface area contributed by atoms with Crippen LogP contribution in [0, 0.1) is 0 Å². The molecule has 11 nitrogen and oxygen atoms in total. The summed E-state index contributed by atoms with van der Waals surface area (Å²) in [7, 11) is 1.42.